The number of oxazole rings is 1. The second-order valence-corrected chi connectivity index (χ2v) is 9.00. The number of halogens is 1. The molecule has 0 aliphatic rings. The molecule has 1 aromatic heterocycles. The zero-order valence-electron chi connectivity index (χ0n) is 20.5. The highest BCUT2D eigenvalue weighted by molar-refractivity contribution is 6.31. The zero-order valence-corrected chi connectivity index (χ0v) is 21.2. The molecule has 0 unspecified atom stereocenters. The maximum Gasteiger partial charge on any atom is 0.343 e. The van der Waals surface area contributed by atoms with Gasteiger partial charge in [0, 0.05) is 16.8 Å². The van der Waals surface area contributed by atoms with Gasteiger partial charge >= 0.3 is 5.97 Å². The largest absolute Gasteiger partial charge is 0.493 e. The van der Waals surface area contributed by atoms with E-state index in [-0.39, 0.29) is 0 Å². The van der Waals surface area contributed by atoms with Crippen LogP contribution >= 0.6 is 11.6 Å². The fraction of sp³-hybridized carbons (Fsp3) is 0.100. The van der Waals surface area contributed by atoms with Crippen molar-refractivity contribution in [1.82, 2.24) is 4.98 Å². The van der Waals surface area contributed by atoms with Gasteiger partial charge in [-0.25, -0.2) is 9.78 Å². The lowest BCUT2D eigenvalue weighted by molar-refractivity contribution is 0.0729. The molecular weight excluding hydrogens is 488 g/mol. The summed E-state index contributed by atoms with van der Waals surface area (Å²) in [7, 11) is 1.53. The normalized spacial score (nSPS) is 11.2. The van der Waals surface area contributed by atoms with E-state index in [2.05, 4.69) is 9.98 Å². The zero-order chi connectivity index (χ0) is 25.9. The third kappa shape index (κ3) is 5.39. The van der Waals surface area contributed by atoms with Crippen LogP contribution in [0.4, 0.5) is 5.69 Å². The average molecular weight is 511 g/mol. The molecule has 184 valence electrons. The molecule has 4 aromatic carbocycles. The van der Waals surface area contributed by atoms with Crippen LogP contribution in [0, 0.1) is 13.8 Å². The maximum atomic E-state index is 12.6. The molecule has 0 saturated heterocycles. The van der Waals surface area contributed by atoms with Crippen molar-refractivity contribution in [2.24, 2.45) is 4.99 Å². The molecule has 6 nitrogen and oxygen atoms in total. The van der Waals surface area contributed by atoms with Crippen molar-refractivity contribution < 1.29 is 18.7 Å². The summed E-state index contributed by atoms with van der Waals surface area (Å²) in [5, 5.41) is 0.605. The third-order valence-electron chi connectivity index (χ3n) is 5.80. The van der Waals surface area contributed by atoms with Crippen molar-refractivity contribution in [3.63, 3.8) is 0 Å². The van der Waals surface area contributed by atoms with Gasteiger partial charge in [-0.15, -0.1) is 0 Å². The first-order valence-corrected chi connectivity index (χ1v) is 12.0. The van der Waals surface area contributed by atoms with E-state index in [9.17, 15) is 4.79 Å². The van der Waals surface area contributed by atoms with E-state index < -0.39 is 5.97 Å². The molecule has 0 spiro atoms. The molecular formula is C30H23ClN2O4. The molecule has 0 aliphatic heterocycles. The highest BCUT2D eigenvalue weighted by atomic mass is 35.5. The minimum atomic E-state index is -0.447. The van der Waals surface area contributed by atoms with E-state index in [0.717, 1.165) is 27.9 Å². The highest BCUT2D eigenvalue weighted by Crippen LogP contribution is 2.31. The van der Waals surface area contributed by atoms with Gasteiger partial charge in [0.2, 0.25) is 5.89 Å². The summed E-state index contributed by atoms with van der Waals surface area (Å²) < 4.78 is 16.9. The molecule has 0 aliphatic carbocycles. The number of benzene rings is 4. The number of aromatic nitrogens is 1. The van der Waals surface area contributed by atoms with Crippen LogP contribution in [0.15, 0.2) is 88.3 Å². The number of esters is 1. The van der Waals surface area contributed by atoms with E-state index in [1.807, 2.05) is 50.2 Å². The van der Waals surface area contributed by atoms with E-state index >= 15 is 0 Å². The number of methoxy groups -OCH3 is 1. The summed E-state index contributed by atoms with van der Waals surface area (Å²) in [4.78, 5) is 21.8. The minimum absolute atomic E-state index is 0.334. The lowest BCUT2D eigenvalue weighted by atomic mass is 10.1. The Morgan fingerprint density at radius 3 is 2.65 bits per heavy atom. The van der Waals surface area contributed by atoms with Gasteiger partial charge in [0.05, 0.1) is 18.4 Å². The van der Waals surface area contributed by atoms with Crippen LogP contribution < -0.4 is 9.47 Å². The maximum absolute atomic E-state index is 12.6. The fourth-order valence-corrected chi connectivity index (χ4v) is 4.00. The van der Waals surface area contributed by atoms with Crippen LogP contribution in [0.25, 0.3) is 22.6 Å². The first-order chi connectivity index (χ1) is 17.9. The molecule has 0 amide bonds. The van der Waals surface area contributed by atoms with Crippen LogP contribution in [0.1, 0.15) is 27.0 Å². The Hall–Kier alpha value is -4.42. The molecule has 0 bridgehead atoms. The number of aryl methyl sites for hydroxylation is 2. The van der Waals surface area contributed by atoms with Crippen molar-refractivity contribution in [2.75, 3.05) is 7.11 Å². The van der Waals surface area contributed by atoms with E-state index in [1.54, 1.807) is 48.7 Å². The summed E-state index contributed by atoms with van der Waals surface area (Å²) >= 11 is 6.07. The predicted molar refractivity (Wildman–Crippen MR) is 146 cm³/mol. The van der Waals surface area contributed by atoms with Crippen molar-refractivity contribution in [1.29, 1.82) is 0 Å². The quantitative estimate of drug-likeness (QED) is 0.133. The van der Waals surface area contributed by atoms with E-state index in [1.165, 1.54) is 7.11 Å². The molecule has 0 atom stereocenters. The van der Waals surface area contributed by atoms with E-state index in [0.29, 0.717) is 39.1 Å². The van der Waals surface area contributed by atoms with Crippen LogP contribution in [-0.4, -0.2) is 24.3 Å². The molecule has 0 radical (unpaired) electrons. The number of fused-ring (bicyclic) bond motifs is 1. The SMILES string of the molecule is COc1cc(C=Nc2cc(-c3nc4cc(Cl)ccc4o3)ccc2C)ccc1OC(=O)c1cccc(C)c1. The van der Waals surface area contributed by atoms with E-state index in [4.69, 9.17) is 25.5 Å². The Labute approximate surface area is 219 Å². The van der Waals surface area contributed by atoms with Gasteiger partial charge in [0.1, 0.15) is 5.52 Å². The number of rotatable bonds is 6. The minimum Gasteiger partial charge on any atom is -0.493 e. The number of nitrogens with zero attached hydrogens (tertiary/aromatic N) is 2. The molecule has 1 heterocycles. The number of carbonyl (C=O) groups is 1. The van der Waals surface area contributed by atoms with Crippen molar-refractivity contribution in [2.45, 2.75) is 13.8 Å². The van der Waals surface area contributed by atoms with Gasteiger partial charge in [-0.2, -0.15) is 0 Å². The first kappa shape index (κ1) is 24.3. The molecule has 5 aromatic rings. The van der Waals surface area contributed by atoms with Crippen molar-refractivity contribution in [3.8, 4) is 23.0 Å². The van der Waals surface area contributed by atoms with Gasteiger partial charge in [0.15, 0.2) is 17.1 Å². The predicted octanol–water partition coefficient (Wildman–Crippen LogP) is 7.74. The standard InChI is InChI=1S/C30H23ClN2O4/c1-18-5-4-6-22(13-18)30(34)37-27-11-8-20(14-28(27)35-3)17-32-24-15-21(9-7-19(24)2)29-33-25-16-23(31)10-12-26(25)36-29/h4-17H,1-3H3. The Bertz CT molecular complexity index is 1660. The first-order valence-electron chi connectivity index (χ1n) is 11.6. The van der Waals surface area contributed by atoms with Gasteiger partial charge in [-0.05, 0) is 85.6 Å². The molecule has 0 N–H and O–H groups in total. The molecule has 0 fully saturated rings. The topological polar surface area (TPSA) is 73.9 Å². The Morgan fingerprint density at radius 2 is 1.84 bits per heavy atom. The number of ether oxygens (including phenoxy) is 2. The smallest absolute Gasteiger partial charge is 0.343 e. The summed E-state index contributed by atoms with van der Waals surface area (Å²) in [5.41, 5.74) is 6.18. The third-order valence-corrected chi connectivity index (χ3v) is 6.04. The Morgan fingerprint density at radius 1 is 0.973 bits per heavy atom. The van der Waals surface area contributed by atoms with Crippen LogP contribution in [0.3, 0.4) is 0 Å². The summed E-state index contributed by atoms with van der Waals surface area (Å²) in [6.07, 6.45) is 1.73. The number of carbonyl (C=O) groups excluding carboxylic acids is 1. The summed E-state index contributed by atoms with van der Waals surface area (Å²) in [5.74, 6) is 0.813. The fourth-order valence-electron chi connectivity index (χ4n) is 3.83. The molecule has 0 saturated carbocycles. The van der Waals surface area contributed by atoms with Gasteiger partial charge in [-0.1, -0.05) is 35.4 Å². The Kier molecular flexibility index (Phi) is 6.75. The summed E-state index contributed by atoms with van der Waals surface area (Å²) in [6.45, 7) is 3.91. The lowest BCUT2D eigenvalue weighted by Crippen LogP contribution is -2.09. The van der Waals surface area contributed by atoms with Crippen LogP contribution in [0.5, 0.6) is 11.5 Å². The molecule has 7 heteroatoms. The summed E-state index contributed by atoms with van der Waals surface area (Å²) in [6, 6.07) is 23.7. The number of hydrogen-bond donors (Lipinski definition) is 0. The van der Waals surface area contributed by atoms with Gasteiger partial charge < -0.3 is 13.9 Å². The van der Waals surface area contributed by atoms with Crippen molar-refractivity contribution >= 4 is 40.6 Å². The van der Waals surface area contributed by atoms with Gasteiger partial charge in [0.25, 0.3) is 0 Å². The van der Waals surface area contributed by atoms with Crippen LogP contribution in [-0.2, 0) is 0 Å². The highest BCUT2D eigenvalue weighted by Gasteiger charge is 2.14. The van der Waals surface area contributed by atoms with Gasteiger partial charge in [-0.3, -0.25) is 4.99 Å². The monoisotopic (exact) mass is 510 g/mol. The number of hydrogen-bond acceptors (Lipinski definition) is 6. The second kappa shape index (κ2) is 10.3. The van der Waals surface area contributed by atoms with Crippen LogP contribution in [0.2, 0.25) is 5.02 Å². The molecule has 37 heavy (non-hydrogen) atoms. The number of aliphatic imine (C=N–C) groups is 1. The van der Waals surface area contributed by atoms with Crippen molar-refractivity contribution in [3.05, 3.63) is 106 Å². The second-order valence-electron chi connectivity index (χ2n) is 8.56. The lowest BCUT2D eigenvalue weighted by Gasteiger charge is -2.10. The molecule has 5 rings (SSSR count). The average Bonchev–Trinajstić information content (AvgIpc) is 3.32. The Balaban J connectivity index is 1.38.